The fourth-order valence-electron chi connectivity index (χ4n) is 2.71. The molecule has 2 rings (SSSR count). The molecule has 0 bridgehead atoms. The van der Waals surface area contributed by atoms with Gasteiger partial charge in [0.2, 0.25) is 5.91 Å². The number of nitrogens with one attached hydrogen (secondary N) is 1. The van der Waals surface area contributed by atoms with Crippen molar-refractivity contribution in [3.05, 3.63) is 57.5 Å². The van der Waals surface area contributed by atoms with Crippen molar-refractivity contribution < 1.29 is 19.1 Å². The third kappa shape index (κ3) is 5.54. The van der Waals surface area contributed by atoms with Gasteiger partial charge in [0.05, 0.1) is 17.0 Å². The minimum Gasteiger partial charge on any atom is -0.462 e. The van der Waals surface area contributed by atoms with Gasteiger partial charge in [0, 0.05) is 6.08 Å². The summed E-state index contributed by atoms with van der Waals surface area (Å²) >= 11 is 0.962. The van der Waals surface area contributed by atoms with Gasteiger partial charge in [-0.15, -0.1) is 11.3 Å². The van der Waals surface area contributed by atoms with Crippen LogP contribution in [0.5, 0.6) is 0 Å². The first kappa shape index (κ1) is 22.4. The first-order valence-electron chi connectivity index (χ1n) is 9.24. The van der Waals surface area contributed by atoms with Crippen molar-refractivity contribution in [2.24, 2.45) is 5.73 Å². The van der Waals surface area contributed by atoms with Crippen molar-refractivity contribution in [3.63, 3.8) is 0 Å². The molecule has 0 spiro atoms. The average Bonchev–Trinajstić information content (AvgIpc) is 2.96. The third-order valence-electron chi connectivity index (χ3n) is 4.29. The van der Waals surface area contributed by atoms with Crippen molar-refractivity contribution in [1.82, 2.24) is 0 Å². The second-order valence-electron chi connectivity index (χ2n) is 7.54. The molecule has 0 aliphatic rings. The summed E-state index contributed by atoms with van der Waals surface area (Å²) < 4.78 is 5.04. The molecule has 0 aliphatic heterocycles. The molecule has 0 saturated carbocycles. The van der Waals surface area contributed by atoms with Crippen LogP contribution in [0.25, 0.3) is 6.08 Å². The zero-order valence-corrected chi connectivity index (χ0v) is 18.1. The van der Waals surface area contributed by atoms with Gasteiger partial charge < -0.3 is 15.8 Å². The highest BCUT2D eigenvalue weighted by Gasteiger charge is 2.25. The van der Waals surface area contributed by atoms with E-state index in [1.165, 1.54) is 11.6 Å². The maximum atomic E-state index is 12.4. The summed E-state index contributed by atoms with van der Waals surface area (Å²) in [5, 5.41) is 2.90. The van der Waals surface area contributed by atoms with Crippen LogP contribution in [0.4, 0.5) is 5.00 Å². The highest BCUT2D eigenvalue weighted by atomic mass is 32.1. The Hall–Kier alpha value is -2.93. The number of hydrogen-bond donors (Lipinski definition) is 2. The molecule has 3 N–H and O–H groups in total. The maximum Gasteiger partial charge on any atom is 0.341 e. The molecule has 154 valence electrons. The number of thiophene rings is 1. The lowest BCUT2D eigenvalue weighted by atomic mass is 9.87. The summed E-state index contributed by atoms with van der Waals surface area (Å²) in [6.45, 7) is 9.87. The maximum absolute atomic E-state index is 12.4. The predicted octanol–water partition coefficient (Wildman–Crippen LogP) is 4.28. The monoisotopic (exact) mass is 414 g/mol. The molecule has 1 aromatic carbocycles. The van der Waals surface area contributed by atoms with Gasteiger partial charge in [-0.1, -0.05) is 45.0 Å². The standard InChI is InChI=1S/C22H26N2O4S/c1-6-28-21(27)17-13(2)18(19(23)26)29-20(17)24-16(25)12-9-14-7-10-15(11-8-14)22(3,4)5/h7-12H,6H2,1-5H3,(H2,23,26)(H,24,25). The van der Waals surface area contributed by atoms with E-state index in [0.717, 1.165) is 16.9 Å². The van der Waals surface area contributed by atoms with E-state index in [1.807, 2.05) is 24.3 Å². The van der Waals surface area contributed by atoms with Crippen LogP contribution < -0.4 is 11.1 Å². The molecule has 0 aliphatic carbocycles. The number of esters is 1. The van der Waals surface area contributed by atoms with Gasteiger partial charge in [0.15, 0.2) is 0 Å². The lowest BCUT2D eigenvalue weighted by molar-refractivity contribution is -0.111. The summed E-state index contributed by atoms with van der Waals surface area (Å²) in [6.07, 6.45) is 3.06. The van der Waals surface area contributed by atoms with E-state index in [2.05, 4.69) is 26.1 Å². The minimum atomic E-state index is -0.659. The molecular formula is C22H26N2O4S. The van der Waals surface area contributed by atoms with E-state index in [0.29, 0.717) is 5.56 Å². The molecule has 2 amide bonds. The molecule has 1 heterocycles. The van der Waals surface area contributed by atoms with Crippen molar-refractivity contribution in [1.29, 1.82) is 0 Å². The largest absolute Gasteiger partial charge is 0.462 e. The quantitative estimate of drug-likeness (QED) is 0.544. The Bertz CT molecular complexity index is 950. The Morgan fingerprint density at radius 1 is 1.17 bits per heavy atom. The van der Waals surface area contributed by atoms with Crippen LogP contribution in [0.2, 0.25) is 0 Å². The minimum absolute atomic E-state index is 0.0539. The molecular weight excluding hydrogens is 388 g/mol. The van der Waals surface area contributed by atoms with Crippen molar-refractivity contribution in [3.8, 4) is 0 Å². The second-order valence-corrected chi connectivity index (χ2v) is 8.56. The summed E-state index contributed by atoms with van der Waals surface area (Å²) in [5.41, 5.74) is 8.06. The highest BCUT2D eigenvalue weighted by Crippen LogP contribution is 2.33. The second kappa shape index (κ2) is 9.05. The van der Waals surface area contributed by atoms with E-state index < -0.39 is 17.8 Å². The van der Waals surface area contributed by atoms with Crippen LogP contribution in [0.3, 0.4) is 0 Å². The number of carbonyl (C=O) groups is 3. The van der Waals surface area contributed by atoms with E-state index >= 15 is 0 Å². The smallest absolute Gasteiger partial charge is 0.341 e. The first-order valence-corrected chi connectivity index (χ1v) is 10.1. The zero-order valence-electron chi connectivity index (χ0n) is 17.3. The summed E-state index contributed by atoms with van der Waals surface area (Å²) in [6, 6.07) is 7.93. The Morgan fingerprint density at radius 3 is 2.31 bits per heavy atom. The van der Waals surface area contributed by atoms with E-state index in [4.69, 9.17) is 10.5 Å². The van der Waals surface area contributed by atoms with E-state index in [9.17, 15) is 14.4 Å². The van der Waals surface area contributed by atoms with Crippen LogP contribution in [-0.4, -0.2) is 24.4 Å². The van der Waals surface area contributed by atoms with E-state index in [-0.39, 0.29) is 27.5 Å². The number of carbonyl (C=O) groups excluding carboxylic acids is 3. The van der Waals surface area contributed by atoms with Crippen molar-refractivity contribution in [2.45, 2.75) is 40.0 Å². The normalized spacial score (nSPS) is 11.5. The molecule has 29 heavy (non-hydrogen) atoms. The number of hydrogen-bond acceptors (Lipinski definition) is 5. The van der Waals surface area contributed by atoms with Gasteiger partial charge in [-0.3, -0.25) is 9.59 Å². The molecule has 0 saturated heterocycles. The predicted molar refractivity (Wildman–Crippen MR) is 116 cm³/mol. The fourth-order valence-corrected chi connectivity index (χ4v) is 3.76. The van der Waals surface area contributed by atoms with Crippen LogP contribution in [-0.2, 0) is 14.9 Å². The van der Waals surface area contributed by atoms with Crippen LogP contribution >= 0.6 is 11.3 Å². The van der Waals surface area contributed by atoms with Gasteiger partial charge in [-0.2, -0.15) is 0 Å². The lowest BCUT2D eigenvalue weighted by Gasteiger charge is -2.18. The molecule has 2 aromatic rings. The SMILES string of the molecule is CCOC(=O)c1c(NC(=O)C=Cc2ccc(C(C)(C)C)cc2)sc(C(N)=O)c1C. The number of anilines is 1. The number of benzene rings is 1. The molecule has 1 aromatic heterocycles. The summed E-state index contributed by atoms with van der Waals surface area (Å²) in [5.74, 6) is -1.69. The molecule has 0 atom stereocenters. The Kier molecular flexibility index (Phi) is 6.97. The molecule has 0 fully saturated rings. The highest BCUT2D eigenvalue weighted by molar-refractivity contribution is 7.18. The van der Waals surface area contributed by atoms with Gasteiger partial charge in [-0.25, -0.2) is 4.79 Å². The Labute approximate surface area is 174 Å². The Morgan fingerprint density at radius 2 is 1.79 bits per heavy atom. The lowest BCUT2D eigenvalue weighted by Crippen LogP contribution is -2.13. The van der Waals surface area contributed by atoms with Crippen molar-refractivity contribution in [2.75, 3.05) is 11.9 Å². The average molecular weight is 415 g/mol. The van der Waals surface area contributed by atoms with Crippen LogP contribution in [0.1, 0.15) is 64.4 Å². The van der Waals surface area contributed by atoms with E-state index in [1.54, 1.807) is 19.9 Å². The fraction of sp³-hybridized carbons (Fsp3) is 0.318. The topological polar surface area (TPSA) is 98.5 Å². The Balaban J connectivity index is 2.21. The molecule has 7 heteroatoms. The number of primary amides is 1. The summed E-state index contributed by atoms with van der Waals surface area (Å²) in [7, 11) is 0. The van der Waals surface area contributed by atoms with Crippen LogP contribution in [0.15, 0.2) is 30.3 Å². The molecule has 6 nitrogen and oxygen atoms in total. The van der Waals surface area contributed by atoms with Gasteiger partial charge in [-0.05, 0) is 42.0 Å². The van der Waals surface area contributed by atoms with Crippen LogP contribution in [0, 0.1) is 6.92 Å². The molecule has 0 radical (unpaired) electrons. The molecule has 0 unspecified atom stereocenters. The number of ether oxygens (including phenoxy) is 1. The number of rotatable bonds is 6. The van der Waals surface area contributed by atoms with Crippen molar-refractivity contribution >= 4 is 40.2 Å². The first-order chi connectivity index (χ1) is 13.5. The number of nitrogens with two attached hydrogens (primary N) is 1. The van der Waals surface area contributed by atoms with Gasteiger partial charge in [0.1, 0.15) is 5.00 Å². The van der Waals surface area contributed by atoms with Gasteiger partial charge in [0.25, 0.3) is 5.91 Å². The zero-order chi connectivity index (χ0) is 21.8. The van der Waals surface area contributed by atoms with Gasteiger partial charge >= 0.3 is 5.97 Å². The summed E-state index contributed by atoms with van der Waals surface area (Å²) in [4.78, 5) is 36.5. The third-order valence-corrected chi connectivity index (χ3v) is 5.51. The number of amides is 2.